The van der Waals surface area contributed by atoms with Crippen molar-refractivity contribution in [2.45, 2.75) is 50.0 Å². The van der Waals surface area contributed by atoms with Crippen molar-refractivity contribution in [1.82, 2.24) is 9.97 Å². The summed E-state index contributed by atoms with van der Waals surface area (Å²) in [5.41, 5.74) is -0.258. The number of aromatic amines is 1. The Hall–Kier alpha value is -0.290. The number of hydrogen-bond donors (Lipinski definition) is 1. The van der Waals surface area contributed by atoms with E-state index < -0.39 is 0 Å². The molecule has 0 aromatic carbocycles. The fourth-order valence-electron chi connectivity index (χ4n) is 1.70. The lowest BCUT2D eigenvalue weighted by atomic mass is 10.1. The first-order valence-electron chi connectivity index (χ1n) is 6.57. The predicted molar refractivity (Wildman–Crippen MR) is 81.7 cm³/mol. The minimum Gasteiger partial charge on any atom is -0.300 e. The number of aromatic nitrogens is 2. The molecule has 0 radical (unpaired) electrons. The lowest BCUT2D eigenvalue weighted by Crippen LogP contribution is -2.08. The van der Waals surface area contributed by atoms with Crippen LogP contribution in [0.5, 0.6) is 0 Å². The maximum atomic E-state index is 11.0. The fraction of sp³-hybridized carbons (Fsp3) is 0.692. The van der Waals surface area contributed by atoms with Gasteiger partial charge in [-0.1, -0.05) is 48.0 Å². The minimum absolute atomic E-state index is 0.258. The average Bonchev–Trinajstić information content (AvgIpc) is 2.37. The van der Waals surface area contributed by atoms with Gasteiger partial charge < -0.3 is 4.98 Å². The van der Waals surface area contributed by atoms with Gasteiger partial charge in [-0.15, -0.1) is 11.8 Å². The Balaban J connectivity index is 1.94. The number of unbranched alkanes of at least 4 members (excludes halogenated alkanes) is 6. The van der Waals surface area contributed by atoms with Gasteiger partial charge in [0, 0.05) is 11.5 Å². The second-order valence-electron chi connectivity index (χ2n) is 4.25. The molecule has 0 bridgehead atoms. The first kappa shape index (κ1) is 15.8. The zero-order chi connectivity index (χ0) is 13.1. The normalized spacial score (nSPS) is 10.7. The highest BCUT2D eigenvalue weighted by Crippen LogP contribution is 2.16. The highest BCUT2D eigenvalue weighted by Gasteiger charge is 1.96. The van der Waals surface area contributed by atoms with Crippen molar-refractivity contribution in [1.29, 1.82) is 0 Å². The number of hydrogen-bond acceptors (Lipinski definition) is 3. The lowest BCUT2D eigenvalue weighted by molar-refractivity contribution is 0.606. The molecule has 5 heteroatoms. The Morgan fingerprint density at radius 2 is 1.78 bits per heavy atom. The maximum Gasteiger partial charge on any atom is 0.345 e. The summed E-state index contributed by atoms with van der Waals surface area (Å²) in [7, 11) is 0. The van der Waals surface area contributed by atoms with E-state index in [0.29, 0.717) is 0 Å². The van der Waals surface area contributed by atoms with E-state index in [9.17, 15) is 4.79 Å². The zero-order valence-electron chi connectivity index (χ0n) is 10.7. The van der Waals surface area contributed by atoms with Crippen LogP contribution in [0.4, 0.5) is 0 Å². The molecule has 1 aromatic rings. The molecule has 0 spiro atoms. The van der Waals surface area contributed by atoms with E-state index >= 15 is 0 Å². The third kappa shape index (κ3) is 7.93. The highest BCUT2D eigenvalue weighted by molar-refractivity contribution is 9.09. The molecule has 0 fully saturated rings. The molecule has 1 aromatic heterocycles. The molecular weight excluding hydrogens is 312 g/mol. The van der Waals surface area contributed by atoms with Gasteiger partial charge in [-0.3, -0.25) is 0 Å². The fourth-order valence-corrected chi connectivity index (χ4v) is 2.98. The van der Waals surface area contributed by atoms with E-state index in [1.54, 1.807) is 18.0 Å². The van der Waals surface area contributed by atoms with Crippen molar-refractivity contribution in [3.8, 4) is 0 Å². The SMILES string of the molecule is O=c1nccc(SCCCCCCCCCBr)[nH]1. The molecule has 102 valence electrons. The Labute approximate surface area is 121 Å². The molecule has 0 aliphatic heterocycles. The quantitative estimate of drug-likeness (QED) is 0.305. The Morgan fingerprint density at radius 1 is 1.11 bits per heavy atom. The predicted octanol–water partition coefficient (Wildman–Crippen LogP) is 3.99. The van der Waals surface area contributed by atoms with Gasteiger partial charge >= 0.3 is 5.69 Å². The number of H-pyrrole nitrogens is 1. The van der Waals surface area contributed by atoms with Gasteiger partial charge in [0.15, 0.2) is 0 Å². The molecule has 0 saturated carbocycles. The topological polar surface area (TPSA) is 45.8 Å². The van der Waals surface area contributed by atoms with Crippen LogP contribution in [0.1, 0.15) is 44.9 Å². The van der Waals surface area contributed by atoms with Crippen LogP contribution >= 0.6 is 27.7 Å². The standard InChI is InChI=1S/C13H21BrN2OS/c14-9-6-4-2-1-3-5-7-11-18-12-8-10-15-13(17)16-12/h8,10H,1-7,9,11H2,(H,15,16,17). The number of nitrogens with zero attached hydrogens (tertiary/aromatic N) is 1. The van der Waals surface area contributed by atoms with E-state index in [1.807, 2.05) is 6.07 Å². The Bertz CT molecular complexity index is 370. The van der Waals surface area contributed by atoms with E-state index in [4.69, 9.17) is 0 Å². The summed E-state index contributed by atoms with van der Waals surface area (Å²) in [6, 6.07) is 1.85. The van der Waals surface area contributed by atoms with Crippen LogP contribution in [0, 0.1) is 0 Å². The zero-order valence-corrected chi connectivity index (χ0v) is 13.1. The lowest BCUT2D eigenvalue weighted by Gasteiger charge is -2.02. The van der Waals surface area contributed by atoms with Crippen LogP contribution in [0.25, 0.3) is 0 Å². The minimum atomic E-state index is -0.258. The van der Waals surface area contributed by atoms with E-state index in [2.05, 4.69) is 25.9 Å². The van der Waals surface area contributed by atoms with Gasteiger partial charge in [-0.05, 0) is 24.7 Å². The molecule has 18 heavy (non-hydrogen) atoms. The molecule has 0 unspecified atom stereocenters. The highest BCUT2D eigenvalue weighted by atomic mass is 79.9. The van der Waals surface area contributed by atoms with Gasteiger partial charge in [0.1, 0.15) is 0 Å². The van der Waals surface area contributed by atoms with Crippen LogP contribution in [-0.4, -0.2) is 21.1 Å². The van der Waals surface area contributed by atoms with E-state index in [-0.39, 0.29) is 5.69 Å². The summed E-state index contributed by atoms with van der Waals surface area (Å²) in [5.74, 6) is 1.07. The smallest absolute Gasteiger partial charge is 0.300 e. The van der Waals surface area contributed by atoms with E-state index in [1.165, 1.54) is 44.9 Å². The van der Waals surface area contributed by atoms with Crippen molar-refractivity contribution < 1.29 is 0 Å². The largest absolute Gasteiger partial charge is 0.345 e. The number of halogens is 1. The average molecular weight is 333 g/mol. The summed E-state index contributed by atoms with van der Waals surface area (Å²) in [6.45, 7) is 0. The molecule has 0 aliphatic carbocycles. The number of nitrogens with one attached hydrogen (secondary N) is 1. The van der Waals surface area contributed by atoms with Crippen molar-refractivity contribution in [2.24, 2.45) is 0 Å². The van der Waals surface area contributed by atoms with Gasteiger partial charge in [-0.25, -0.2) is 9.78 Å². The van der Waals surface area contributed by atoms with Crippen molar-refractivity contribution >= 4 is 27.7 Å². The second-order valence-corrected chi connectivity index (χ2v) is 6.18. The summed E-state index contributed by atoms with van der Waals surface area (Å²) in [6.07, 6.45) is 10.7. The number of thioether (sulfide) groups is 1. The molecule has 1 N–H and O–H groups in total. The Morgan fingerprint density at radius 3 is 2.44 bits per heavy atom. The van der Waals surface area contributed by atoms with Gasteiger partial charge in [0.05, 0.1) is 5.03 Å². The summed E-state index contributed by atoms with van der Waals surface area (Å²) >= 11 is 5.15. The molecule has 0 amide bonds. The summed E-state index contributed by atoms with van der Waals surface area (Å²) < 4.78 is 0. The number of alkyl halides is 1. The van der Waals surface area contributed by atoms with Crippen LogP contribution in [-0.2, 0) is 0 Å². The van der Waals surface area contributed by atoms with Crippen molar-refractivity contribution in [3.05, 3.63) is 22.7 Å². The third-order valence-electron chi connectivity index (χ3n) is 2.68. The van der Waals surface area contributed by atoms with Crippen LogP contribution in [0.2, 0.25) is 0 Å². The van der Waals surface area contributed by atoms with Crippen LogP contribution in [0.15, 0.2) is 22.1 Å². The summed E-state index contributed by atoms with van der Waals surface area (Å²) in [4.78, 5) is 17.3. The van der Waals surface area contributed by atoms with Gasteiger partial charge in [0.2, 0.25) is 0 Å². The first-order chi connectivity index (χ1) is 8.83. The van der Waals surface area contributed by atoms with Gasteiger partial charge in [-0.2, -0.15) is 0 Å². The molecule has 3 nitrogen and oxygen atoms in total. The number of rotatable bonds is 10. The molecule has 1 rings (SSSR count). The Kier molecular flexibility index (Phi) is 9.30. The molecule has 1 heterocycles. The second kappa shape index (κ2) is 10.6. The van der Waals surface area contributed by atoms with Crippen LogP contribution < -0.4 is 5.69 Å². The van der Waals surface area contributed by atoms with Crippen molar-refractivity contribution in [3.63, 3.8) is 0 Å². The first-order valence-corrected chi connectivity index (χ1v) is 8.68. The van der Waals surface area contributed by atoms with Crippen molar-refractivity contribution in [2.75, 3.05) is 11.1 Å². The molecule has 0 saturated heterocycles. The maximum absolute atomic E-state index is 11.0. The molecular formula is C13H21BrN2OS. The summed E-state index contributed by atoms with van der Waals surface area (Å²) in [5, 5.41) is 2.06. The van der Waals surface area contributed by atoms with Crippen LogP contribution in [0.3, 0.4) is 0 Å². The molecule has 0 atom stereocenters. The van der Waals surface area contributed by atoms with E-state index in [0.717, 1.165) is 16.1 Å². The third-order valence-corrected chi connectivity index (χ3v) is 4.29. The molecule has 0 aliphatic rings. The monoisotopic (exact) mass is 332 g/mol. The van der Waals surface area contributed by atoms with Gasteiger partial charge in [0.25, 0.3) is 0 Å².